The molecule has 1 atom stereocenters. The zero-order valence-electron chi connectivity index (χ0n) is 6.00. The van der Waals surface area contributed by atoms with Gasteiger partial charge in [0.1, 0.15) is 0 Å². The van der Waals surface area contributed by atoms with Crippen LogP contribution in [-0.2, 0) is 9.53 Å². The molecule has 0 bridgehead atoms. The molecule has 1 heterocycles. The molecule has 2 rings (SSSR count). The molecule has 1 saturated heterocycles. The molecule has 2 aliphatic rings. The van der Waals surface area contributed by atoms with Crippen molar-refractivity contribution < 1.29 is 14.3 Å². The first-order valence-electron chi connectivity index (χ1n) is 3.73. The molecule has 1 aliphatic carbocycles. The van der Waals surface area contributed by atoms with E-state index in [4.69, 9.17) is 0 Å². The third-order valence-electron chi connectivity index (χ3n) is 2.06. The summed E-state index contributed by atoms with van der Waals surface area (Å²) >= 11 is 0. The van der Waals surface area contributed by atoms with Crippen molar-refractivity contribution in [3.8, 4) is 0 Å². The first-order chi connectivity index (χ1) is 5.27. The second-order valence-corrected chi connectivity index (χ2v) is 3.00. The van der Waals surface area contributed by atoms with Gasteiger partial charge in [0.25, 0.3) is 0 Å². The van der Waals surface area contributed by atoms with Crippen molar-refractivity contribution in [3.05, 3.63) is 0 Å². The van der Waals surface area contributed by atoms with Gasteiger partial charge in [-0.1, -0.05) is 0 Å². The van der Waals surface area contributed by atoms with E-state index in [2.05, 4.69) is 10.1 Å². The van der Waals surface area contributed by atoms with Crippen LogP contribution >= 0.6 is 0 Å². The van der Waals surface area contributed by atoms with Crippen LogP contribution in [0, 0.1) is 5.92 Å². The largest absolute Gasteiger partial charge is 0.441 e. The topological polar surface area (TPSA) is 55.4 Å². The number of ether oxygens (including phenoxy) is 1. The Balaban J connectivity index is 2.03. The third-order valence-corrected chi connectivity index (χ3v) is 2.06. The molecule has 4 nitrogen and oxygen atoms in total. The van der Waals surface area contributed by atoms with Gasteiger partial charge in [0, 0.05) is 0 Å². The monoisotopic (exact) mass is 155 g/mol. The predicted molar refractivity (Wildman–Crippen MR) is 36.0 cm³/mol. The van der Waals surface area contributed by atoms with Gasteiger partial charge >= 0.3 is 6.09 Å². The molecule has 1 aliphatic heterocycles. The SMILES string of the molecule is O=C1N[C@@H](C2CC2)C(=O)CO1. The van der Waals surface area contributed by atoms with Gasteiger partial charge in [-0.2, -0.15) is 0 Å². The molecule has 1 saturated carbocycles. The summed E-state index contributed by atoms with van der Waals surface area (Å²) in [5.74, 6) is 0.391. The van der Waals surface area contributed by atoms with Crippen LogP contribution in [0.5, 0.6) is 0 Å². The molecule has 11 heavy (non-hydrogen) atoms. The highest BCUT2D eigenvalue weighted by molar-refractivity contribution is 5.92. The summed E-state index contributed by atoms with van der Waals surface area (Å²) in [4.78, 5) is 21.7. The summed E-state index contributed by atoms with van der Waals surface area (Å²) in [6.07, 6.45) is 1.65. The highest BCUT2D eigenvalue weighted by atomic mass is 16.6. The Kier molecular flexibility index (Phi) is 1.34. The van der Waals surface area contributed by atoms with Gasteiger partial charge in [-0.25, -0.2) is 4.79 Å². The normalized spacial score (nSPS) is 31.1. The smallest absolute Gasteiger partial charge is 0.408 e. The lowest BCUT2D eigenvalue weighted by molar-refractivity contribution is -0.126. The highest BCUT2D eigenvalue weighted by Gasteiger charge is 2.39. The Labute approximate surface area is 63.9 Å². The van der Waals surface area contributed by atoms with E-state index in [1.165, 1.54) is 0 Å². The maximum absolute atomic E-state index is 11.1. The van der Waals surface area contributed by atoms with Gasteiger partial charge in [0.2, 0.25) is 0 Å². The number of hydrogen-bond acceptors (Lipinski definition) is 3. The van der Waals surface area contributed by atoms with Crippen molar-refractivity contribution in [3.63, 3.8) is 0 Å². The predicted octanol–water partition coefficient (Wildman–Crippen LogP) is 0.0739. The van der Waals surface area contributed by atoms with E-state index in [0.717, 1.165) is 12.8 Å². The Morgan fingerprint density at radius 2 is 2.09 bits per heavy atom. The molecule has 0 aromatic carbocycles. The Morgan fingerprint density at radius 3 is 2.73 bits per heavy atom. The third kappa shape index (κ3) is 1.20. The van der Waals surface area contributed by atoms with Gasteiger partial charge in [0.05, 0.1) is 6.04 Å². The van der Waals surface area contributed by atoms with E-state index in [9.17, 15) is 9.59 Å². The van der Waals surface area contributed by atoms with Crippen molar-refractivity contribution in [2.24, 2.45) is 5.92 Å². The molecule has 0 aromatic rings. The maximum Gasteiger partial charge on any atom is 0.408 e. The molecule has 2 fully saturated rings. The summed E-state index contributed by atoms with van der Waals surface area (Å²) in [6, 6.07) is -0.253. The van der Waals surface area contributed by atoms with Crippen molar-refractivity contribution in [2.75, 3.05) is 6.61 Å². The van der Waals surface area contributed by atoms with Gasteiger partial charge < -0.3 is 10.1 Å². The Morgan fingerprint density at radius 1 is 1.36 bits per heavy atom. The molecule has 0 aromatic heterocycles. The number of amides is 1. The Bertz CT molecular complexity index is 210. The van der Waals surface area contributed by atoms with E-state index >= 15 is 0 Å². The minimum Gasteiger partial charge on any atom is -0.441 e. The lowest BCUT2D eigenvalue weighted by Gasteiger charge is -2.21. The average Bonchev–Trinajstić information content (AvgIpc) is 2.76. The van der Waals surface area contributed by atoms with Crippen molar-refractivity contribution >= 4 is 11.9 Å². The molecule has 0 unspecified atom stereocenters. The standard InChI is InChI=1S/C7H9NO3/c9-5-3-11-7(10)8-6(5)4-1-2-4/h4,6H,1-3H2,(H,8,10)/t6-/m0/s1. The number of ketones is 1. The quantitative estimate of drug-likeness (QED) is 0.583. The van der Waals surface area contributed by atoms with Crippen LogP contribution < -0.4 is 5.32 Å². The number of cyclic esters (lactones) is 1. The Hall–Kier alpha value is -1.06. The van der Waals surface area contributed by atoms with Gasteiger partial charge in [-0.05, 0) is 18.8 Å². The van der Waals surface area contributed by atoms with Crippen LogP contribution in [0.2, 0.25) is 0 Å². The molecule has 4 heteroatoms. The summed E-state index contributed by atoms with van der Waals surface area (Å²) in [7, 11) is 0. The van der Waals surface area contributed by atoms with Crippen LogP contribution in [0.4, 0.5) is 4.79 Å². The molecule has 60 valence electrons. The number of Topliss-reactive ketones (excluding diaryl/α,β-unsaturated/α-hetero) is 1. The molecule has 0 radical (unpaired) electrons. The number of rotatable bonds is 1. The van der Waals surface area contributed by atoms with Crippen LogP contribution in [0.15, 0.2) is 0 Å². The first-order valence-corrected chi connectivity index (χ1v) is 3.73. The number of carbonyl (C=O) groups excluding carboxylic acids is 2. The maximum atomic E-state index is 11.1. The second kappa shape index (κ2) is 2.22. The fraction of sp³-hybridized carbons (Fsp3) is 0.714. The highest BCUT2D eigenvalue weighted by Crippen LogP contribution is 2.33. The second-order valence-electron chi connectivity index (χ2n) is 3.00. The van der Waals surface area contributed by atoms with E-state index in [1.54, 1.807) is 0 Å². The minimum absolute atomic E-state index is 0.00657. The number of carbonyl (C=O) groups is 2. The molecule has 1 amide bonds. The summed E-state index contributed by atoms with van der Waals surface area (Å²) in [5, 5.41) is 2.52. The molecular formula is C7H9NO3. The number of nitrogens with one attached hydrogen (secondary N) is 1. The van der Waals surface area contributed by atoms with E-state index < -0.39 is 6.09 Å². The van der Waals surface area contributed by atoms with Crippen molar-refractivity contribution in [1.29, 1.82) is 0 Å². The van der Waals surface area contributed by atoms with E-state index in [1.807, 2.05) is 0 Å². The zero-order valence-corrected chi connectivity index (χ0v) is 6.00. The van der Waals surface area contributed by atoms with Crippen LogP contribution in [0.1, 0.15) is 12.8 Å². The summed E-state index contributed by atoms with van der Waals surface area (Å²) in [6.45, 7) is -0.0486. The van der Waals surface area contributed by atoms with E-state index in [-0.39, 0.29) is 18.4 Å². The van der Waals surface area contributed by atoms with Gasteiger partial charge in [-0.15, -0.1) is 0 Å². The van der Waals surface area contributed by atoms with Crippen LogP contribution in [0.3, 0.4) is 0 Å². The van der Waals surface area contributed by atoms with Crippen LogP contribution in [-0.4, -0.2) is 24.5 Å². The lowest BCUT2D eigenvalue weighted by Crippen LogP contribution is -2.49. The summed E-state index contributed by atoms with van der Waals surface area (Å²) in [5.41, 5.74) is 0. The number of hydrogen-bond donors (Lipinski definition) is 1. The van der Waals surface area contributed by atoms with Gasteiger partial charge in [0.15, 0.2) is 12.4 Å². The number of alkyl carbamates (subject to hydrolysis) is 1. The first kappa shape index (κ1) is 6.64. The van der Waals surface area contributed by atoms with Gasteiger partial charge in [-0.3, -0.25) is 4.79 Å². The van der Waals surface area contributed by atoms with Crippen molar-refractivity contribution in [1.82, 2.24) is 5.32 Å². The zero-order chi connectivity index (χ0) is 7.84. The minimum atomic E-state index is -0.457. The van der Waals surface area contributed by atoms with E-state index in [0.29, 0.717) is 5.92 Å². The molecular weight excluding hydrogens is 146 g/mol. The lowest BCUT2D eigenvalue weighted by atomic mass is 10.1. The molecule has 1 N–H and O–H groups in total. The van der Waals surface area contributed by atoms with Crippen molar-refractivity contribution in [2.45, 2.75) is 18.9 Å². The van der Waals surface area contributed by atoms with Crippen LogP contribution in [0.25, 0.3) is 0 Å². The molecule has 0 spiro atoms. The summed E-state index contributed by atoms with van der Waals surface area (Å²) < 4.78 is 4.50. The fourth-order valence-corrected chi connectivity index (χ4v) is 1.29. The fourth-order valence-electron chi connectivity index (χ4n) is 1.29. The average molecular weight is 155 g/mol.